The third kappa shape index (κ3) is 4.22. The van der Waals surface area contributed by atoms with Crippen LogP contribution in [0.15, 0.2) is 24.3 Å². The van der Waals surface area contributed by atoms with Crippen molar-refractivity contribution < 1.29 is 9.59 Å². The van der Waals surface area contributed by atoms with Crippen molar-refractivity contribution >= 4 is 23.4 Å². The van der Waals surface area contributed by atoms with Gasteiger partial charge in [-0.25, -0.2) is 0 Å². The van der Waals surface area contributed by atoms with Crippen molar-refractivity contribution in [3.8, 4) is 6.07 Å². The van der Waals surface area contributed by atoms with Crippen LogP contribution in [-0.4, -0.2) is 47.8 Å². The molecular formula is C16H18ClN3O2. The Hall–Kier alpha value is -2.06. The Morgan fingerprint density at radius 3 is 2.27 bits per heavy atom. The van der Waals surface area contributed by atoms with Gasteiger partial charge in [0.2, 0.25) is 11.8 Å². The standard InChI is InChI=1S/C16H18ClN3O2/c17-14-4-2-1-3-13(14)5-6-15(21)19-9-11-20(12-10-19)16(22)7-8-18/h1-4H,5-7,9-12H2. The van der Waals surface area contributed by atoms with Crippen LogP contribution in [0.25, 0.3) is 0 Å². The summed E-state index contributed by atoms with van der Waals surface area (Å²) in [6, 6.07) is 9.38. The van der Waals surface area contributed by atoms with E-state index in [1.165, 1.54) is 0 Å². The van der Waals surface area contributed by atoms with Crippen LogP contribution >= 0.6 is 11.6 Å². The van der Waals surface area contributed by atoms with Crippen LogP contribution in [0, 0.1) is 11.3 Å². The molecule has 0 N–H and O–H groups in total. The molecule has 1 aliphatic heterocycles. The molecule has 5 nitrogen and oxygen atoms in total. The molecule has 0 saturated carbocycles. The molecule has 6 heteroatoms. The molecule has 2 rings (SSSR count). The zero-order valence-electron chi connectivity index (χ0n) is 12.3. The molecule has 0 aromatic heterocycles. The van der Waals surface area contributed by atoms with E-state index < -0.39 is 0 Å². The van der Waals surface area contributed by atoms with Crippen LogP contribution in [0.1, 0.15) is 18.4 Å². The Bertz CT molecular complexity index is 589. The van der Waals surface area contributed by atoms with Gasteiger partial charge in [0.05, 0.1) is 6.07 Å². The van der Waals surface area contributed by atoms with Gasteiger partial charge in [-0.3, -0.25) is 9.59 Å². The first-order valence-corrected chi connectivity index (χ1v) is 7.65. The minimum absolute atomic E-state index is 0.0762. The van der Waals surface area contributed by atoms with Crippen LogP contribution in [0.5, 0.6) is 0 Å². The number of benzene rings is 1. The average molecular weight is 320 g/mol. The number of amides is 2. The van der Waals surface area contributed by atoms with E-state index in [9.17, 15) is 9.59 Å². The van der Waals surface area contributed by atoms with E-state index in [4.69, 9.17) is 16.9 Å². The molecule has 0 spiro atoms. The fourth-order valence-electron chi connectivity index (χ4n) is 2.49. The van der Waals surface area contributed by atoms with Crippen LogP contribution in [0.3, 0.4) is 0 Å². The maximum atomic E-state index is 12.2. The van der Waals surface area contributed by atoms with Gasteiger partial charge in [0.15, 0.2) is 0 Å². The van der Waals surface area contributed by atoms with Gasteiger partial charge in [-0.2, -0.15) is 5.26 Å². The Labute approximate surface area is 135 Å². The second-order valence-electron chi connectivity index (χ2n) is 5.19. The molecule has 1 saturated heterocycles. The van der Waals surface area contributed by atoms with Crippen LogP contribution in [-0.2, 0) is 16.0 Å². The fourth-order valence-corrected chi connectivity index (χ4v) is 2.72. The number of aryl methyl sites for hydroxylation is 1. The van der Waals surface area contributed by atoms with Crippen molar-refractivity contribution in [3.63, 3.8) is 0 Å². The quantitative estimate of drug-likeness (QED) is 0.851. The highest BCUT2D eigenvalue weighted by Crippen LogP contribution is 2.17. The number of carbonyl (C=O) groups is 2. The van der Waals surface area contributed by atoms with Crippen molar-refractivity contribution in [2.24, 2.45) is 0 Å². The van der Waals surface area contributed by atoms with Gasteiger partial charge in [-0.05, 0) is 18.1 Å². The second kappa shape index (κ2) is 7.81. The molecule has 0 aliphatic carbocycles. The topological polar surface area (TPSA) is 64.4 Å². The van der Waals surface area contributed by atoms with Crippen molar-refractivity contribution in [1.82, 2.24) is 9.80 Å². The van der Waals surface area contributed by atoms with Gasteiger partial charge in [0.1, 0.15) is 6.42 Å². The summed E-state index contributed by atoms with van der Waals surface area (Å²) >= 11 is 6.08. The zero-order valence-corrected chi connectivity index (χ0v) is 13.1. The van der Waals surface area contributed by atoms with E-state index in [0.717, 1.165) is 5.56 Å². The minimum Gasteiger partial charge on any atom is -0.339 e. The lowest BCUT2D eigenvalue weighted by molar-refractivity contribution is -0.139. The normalized spacial score (nSPS) is 14.5. The van der Waals surface area contributed by atoms with E-state index >= 15 is 0 Å². The SMILES string of the molecule is N#CCC(=O)N1CCN(C(=O)CCc2ccccc2Cl)CC1. The Morgan fingerprint density at radius 1 is 1.09 bits per heavy atom. The number of halogens is 1. The van der Waals surface area contributed by atoms with Gasteiger partial charge in [0.25, 0.3) is 0 Å². The summed E-state index contributed by atoms with van der Waals surface area (Å²) in [5.74, 6) is -0.0852. The van der Waals surface area contributed by atoms with E-state index in [1.54, 1.807) is 9.80 Å². The Balaban J connectivity index is 1.79. The fraction of sp³-hybridized carbons (Fsp3) is 0.438. The highest BCUT2D eigenvalue weighted by atomic mass is 35.5. The number of nitrogens with zero attached hydrogens (tertiary/aromatic N) is 3. The zero-order chi connectivity index (χ0) is 15.9. The highest BCUT2D eigenvalue weighted by Gasteiger charge is 2.23. The summed E-state index contributed by atoms with van der Waals surface area (Å²) in [6.07, 6.45) is 0.933. The van der Waals surface area contributed by atoms with Crippen molar-refractivity contribution in [3.05, 3.63) is 34.9 Å². The number of carbonyl (C=O) groups excluding carboxylic acids is 2. The summed E-state index contributed by atoms with van der Waals surface area (Å²) in [7, 11) is 0. The Kier molecular flexibility index (Phi) is 5.79. The van der Waals surface area contributed by atoms with Crippen molar-refractivity contribution in [2.75, 3.05) is 26.2 Å². The van der Waals surface area contributed by atoms with Crippen LogP contribution < -0.4 is 0 Å². The number of rotatable bonds is 4. The molecule has 0 unspecified atom stereocenters. The molecule has 1 aromatic carbocycles. The van der Waals surface area contributed by atoms with E-state index in [2.05, 4.69) is 0 Å². The van der Waals surface area contributed by atoms with Crippen molar-refractivity contribution in [1.29, 1.82) is 5.26 Å². The summed E-state index contributed by atoms with van der Waals surface area (Å²) in [5, 5.41) is 9.22. The number of nitriles is 1. The predicted molar refractivity (Wildman–Crippen MR) is 83.2 cm³/mol. The molecule has 0 radical (unpaired) electrons. The summed E-state index contributed by atoms with van der Waals surface area (Å²) in [6.45, 7) is 2.05. The molecule has 0 atom stereocenters. The number of hydrogen-bond acceptors (Lipinski definition) is 3. The lowest BCUT2D eigenvalue weighted by atomic mass is 10.1. The van der Waals surface area contributed by atoms with E-state index in [-0.39, 0.29) is 18.2 Å². The predicted octanol–water partition coefficient (Wildman–Crippen LogP) is 1.86. The second-order valence-corrected chi connectivity index (χ2v) is 5.60. The molecule has 116 valence electrons. The van der Waals surface area contributed by atoms with Crippen molar-refractivity contribution in [2.45, 2.75) is 19.3 Å². The molecule has 0 bridgehead atoms. The first kappa shape index (κ1) is 16.3. The number of hydrogen-bond donors (Lipinski definition) is 0. The first-order chi connectivity index (χ1) is 10.6. The molecule has 1 aromatic rings. The molecule has 2 amide bonds. The lowest BCUT2D eigenvalue weighted by Gasteiger charge is -2.34. The first-order valence-electron chi connectivity index (χ1n) is 7.27. The summed E-state index contributed by atoms with van der Waals surface area (Å²) < 4.78 is 0. The van der Waals surface area contributed by atoms with Gasteiger partial charge in [-0.15, -0.1) is 0 Å². The monoisotopic (exact) mass is 319 g/mol. The van der Waals surface area contributed by atoms with Gasteiger partial charge in [-0.1, -0.05) is 29.8 Å². The highest BCUT2D eigenvalue weighted by molar-refractivity contribution is 6.31. The van der Waals surface area contributed by atoms with Crippen LogP contribution in [0.2, 0.25) is 5.02 Å². The maximum absolute atomic E-state index is 12.2. The molecular weight excluding hydrogens is 302 g/mol. The summed E-state index contributed by atoms with van der Waals surface area (Å²) in [4.78, 5) is 27.2. The average Bonchev–Trinajstić information content (AvgIpc) is 2.54. The molecule has 1 heterocycles. The van der Waals surface area contributed by atoms with E-state index in [0.29, 0.717) is 44.0 Å². The minimum atomic E-state index is -0.161. The summed E-state index contributed by atoms with van der Waals surface area (Å²) in [5.41, 5.74) is 0.973. The molecule has 22 heavy (non-hydrogen) atoms. The smallest absolute Gasteiger partial charge is 0.236 e. The Morgan fingerprint density at radius 2 is 1.68 bits per heavy atom. The van der Waals surface area contributed by atoms with Crippen LogP contribution in [0.4, 0.5) is 0 Å². The van der Waals surface area contributed by atoms with E-state index in [1.807, 2.05) is 30.3 Å². The van der Waals surface area contributed by atoms with Gasteiger partial charge < -0.3 is 9.80 Å². The third-order valence-corrected chi connectivity index (χ3v) is 4.15. The lowest BCUT2D eigenvalue weighted by Crippen LogP contribution is -2.50. The molecule has 1 aliphatic rings. The number of piperazine rings is 1. The molecule has 1 fully saturated rings. The maximum Gasteiger partial charge on any atom is 0.236 e. The third-order valence-electron chi connectivity index (χ3n) is 3.78. The largest absolute Gasteiger partial charge is 0.339 e. The van der Waals surface area contributed by atoms with Gasteiger partial charge in [0, 0.05) is 37.6 Å². The van der Waals surface area contributed by atoms with Gasteiger partial charge >= 0.3 is 0 Å².